The van der Waals surface area contributed by atoms with Gasteiger partial charge in [0.2, 0.25) is 0 Å². The molecular formula is C23H22N4O5. The highest BCUT2D eigenvalue weighted by Gasteiger charge is 2.28. The molecule has 9 heteroatoms. The van der Waals surface area contributed by atoms with Crippen molar-refractivity contribution in [2.24, 2.45) is 10.2 Å². The number of phenolic OH excluding ortho intramolecular Hbond substituents is 1. The van der Waals surface area contributed by atoms with Gasteiger partial charge in [0.05, 0.1) is 22.3 Å². The molecule has 0 spiro atoms. The molecule has 32 heavy (non-hydrogen) atoms. The second-order valence-electron chi connectivity index (χ2n) is 8.05. The quantitative estimate of drug-likeness (QED) is 0.553. The van der Waals surface area contributed by atoms with Crippen LogP contribution in [0.25, 0.3) is 22.7 Å². The maximum Gasteiger partial charge on any atom is 0.407 e. The van der Waals surface area contributed by atoms with Gasteiger partial charge in [0.15, 0.2) is 11.5 Å². The van der Waals surface area contributed by atoms with Crippen molar-refractivity contribution in [1.82, 2.24) is 9.80 Å². The molecule has 5 rings (SSSR count). The summed E-state index contributed by atoms with van der Waals surface area (Å²) >= 11 is 0. The number of aromatic hydroxyl groups is 2. The average Bonchev–Trinajstić information content (AvgIpc) is 3.33. The third kappa shape index (κ3) is 3.36. The molecule has 0 bridgehead atoms. The van der Waals surface area contributed by atoms with Gasteiger partial charge in [-0.2, -0.15) is 0 Å². The summed E-state index contributed by atoms with van der Waals surface area (Å²) in [6, 6.07) is 10.7. The monoisotopic (exact) mass is 434 g/mol. The van der Waals surface area contributed by atoms with Crippen molar-refractivity contribution in [2.75, 3.05) is 19.6 Å². The number of hydrogen-bond donors (Lipinski definition) is 3. The predicted octanol–water partition coefficient (Wildman–Crippen LogP) is 4.62. The summed E-state index contributed by atoms with van der Waals surface area (Å²) in [5, 5.41) is 39.4. The Hall–Kier alpha value is -3.85. The van der Waals surface area contributed by atoms with Gasteiger partial charge in [0, 0.05) is 43.9 Å². The summed E-state index contributed by atoms with van der Waals surface area (Å²) in [5.41, 5.74) is 3.12. The molecule has 0 unspecified atom stereocenters. The molecular weight excluding hydrogens is 412 g/mol. The van der Waals surface area contributed by atoms with Gasteiger partial charge in [-0.25, -0.2) is 4.79 Å². The van der Waals surface area contributed by atoms with Crippen LogP contribution in [0.4, 0.5) is 10.5 Å². The Kier molecular flexibility index (Phi) is 4.82. The fourth-order valence-corrected chi connectivity index (χ4v) is 4.24. The van der Waals surface area contributed by atoms with Crippen molar-refractivity contribution < 1.29 is 24.5 Å². The van der Waals surface area contributed by atoms with Crippen LogP contribution in [0.1, 0.15) is 23.8 Å². The minimum absolute atomic E-state index is 0.0305. The van der Waals surface area contributed by atoms with E-state index in [4.69, 9.17) is 4.42 Å². The van der Waals surface area contributed by atoms with E-state index in [1.165, 1.54) is 11.0 Å². The smallest absolute Gasteiger partial charge is 0.407 e. The van der Waals surface area contributed by atoms with Crippen LogP contribution in [0.5, 0.6) is 11.5 Å². The van der Waals surface area contributed by atoms with Gasteiger partial charge in [-0.05, 0) is 25.1 Å². The number of rotatable bonds is 3. The van der Waals surface area contributed by atoms with E-state index in [-0.39, 0.29) is 23.3 Å². The van der Waals surface area contributed by atoms with Crippen LogP contribution in [0.3, 0.4) is 0 Å². The van der Waals surface area contributed by atoms with Gasteiger partial charge in [0.25, 0.3) is 0 Å². The van der Waals surface area contributed by atoms with E-state index in [9.17, 15) is 20.1 Å². The number of fused-ring (bicyclic) bond motifs is 2. The van der Waals surface area contributed by atoms with Crippen LogP contribution >= 0.6 is 0 Å². The summed E-state index contributed by atoms with van der Waals surface area (Å²) in [6.45, 7) is 3.62. The van der Waals surface area contributed by atoms with Crippen LogP contribution in [0.2, 0.25) is 0 Å². The lowest BCUT2D eigenvalue weighted by molar-refractivity contribution is 0.0708. The van der Waals surface area contributed by atoms with Gasteiger partial charge in [-0.3, -0.25) is 4.90 Å². The molecule has 1 saturated heterocycles. The predicted molar refractivity (Wildman–Crippen MR) is 118 cm³/mol. The second kappa shape index (κ2) is 7.69. The van der Waals surface area contributed by atoms with E-state index < -0.39 is 6.09 Å². The summed E-state index contributed by atoms with van der Waals surface area (Å²) < 4.78 is 6.00. The molecule has 3 aromatic rings. The molecule has 2 aliphatic rings. The Labute approximate surface area is 183 Å². The standard InChI is InChI=1S/C23H22N4O5/c1-13-11-27(23(30)31)9-8-26(13)12-16-19(28)7-6-15-21(29)20(32-22(15)16)10-18-14-4-2-3-5-17(14)24-25-18/h2-7,10,13,28-29H,8-9,11-12H2,1H3,(H,30,31)/t13-/m0/s1. The maximum atomic E-state index is 11.3. The average molecular weight is 434 g/mol. The highest BCUT2D eigenvalue weighted by molar-refractivity contribution is 5.95. The molecule has 2 aromatic carbocycles. The van der Waals surface area contributed by atoms with Gasteiger partial charge in [0.1, 0.15) is 11.3 Å². The van der Waals surface area contributed by atoms with Crippen LogP contribution in [0.15, 0.2) is 51.0 Å². The Morgan fingerprint density at radius 2 is 2.00 bits per heavy atom. The summed E-state index contributed by atoms with van der Waals surface area (Å²) in [6.07, 6.45) is 0.709. The van der Waals surface area contributed by atoms with Crippen molar-refractivity contribution in [3.8, 4) is 11.5 Å². The molecule has 2 aliphatic heterocycles. The normalized spacial score (nSPS) is 19.7. The number of benzene rings is 2. The topological polar surface area (TPSA) is 122 Å². The fourth-order valence-electron chi connectivity index (χ4n) is 4.24. The van der Waals surface area contributed by atoms with E-state index >= 15 is 0 Å². The molecule has 3 N–H and O–H groups in total. The number of nitrogens with zero attached hydrogens (tertiary/aromatic N) is 4. The van der Waals surface area contributed by atoms with E-state index in [0.717, 1.165) is 11.3 Å². The minimum atomic E-state index is -0.930. The first-order chi connectivity index (χ1) is 15.4. The van der Waals surface area contributed by atoms with Crippen molar-refractivity contribution in [2.45, 2.75) is 19.5 Å². The lowest BCUT2D eigenvalue weighted by Crippen LogP contribution is -2.52. The molecule has 1 fully saturated rings. The van der Waals surface area contributed by atoms with Crippen LogP contribution in [-0.4, -0.2) is 56.9 Å². The third-order valence-electron chi connectivity index (χ3n) is 6.05. The van der Waals surface area contributed by atoms with Gasteiger partial charge in [-0.15, -0.1) is 10.2 Å². The number of amides is 1. The molecule has 164 valence electrons. The fraction of sp³-hybridized carbons (Fsp3) is 0.261. The van der Waals surface area contributed by atoms with E-state index in [2.05, 4.69) is 15.1 Å². The first-order valence-electron chi connectivity index (χ1n) is 10.3. The van der Waals surface area contributed by atoms with Crippen molar-refractivity contribution >= 4 is 34.5 Å². The van der Waals surface area contributed by atoms with Gasteiger partial charge in [-0.1, -0.05) is 18.2 Å². The molecule has 9 nitrogen and oxygen atoms in total. The zero-order valence-corrected chi connectivity index (χ0v) is 17.4. The zero-order valence-electron chi connectivity index (χ0n) is 17.4. The zero-order chi connectivity index (χ0) is 22.4. The van der Waals surface area contributed by atoms with Crippen molar-refractivity contribution in [3.63, 3.8) is 0 Å². The summed E-state index contributed by atoms with van der Waals surface area (Å²) in [7, 11) is 0. The Balaban J connectivity index is 1.49. The lowest BCUT2D eigenvalue weighted by atomic mass is 10.1. The SMILES string of the molecule is C[C@H]1CN(C(=O)O)CCN1Cc1c(O)ccc2c(O)c(C=C3N=Nc4ccccc43)oc12. The second-order valence-corrected chi connectivity index (χ2v) is 8.05. The van der Waals surface area contributed by atoms with Gasteiger partial charge >= 0.3 is 6.09 Å². The summed E-state index contributed by atoms with van der Waals surface area (Å²) in [5.74, 6) is 0.266. The first kappa shape index (κ1) is 20.1. The highest BCUT2D eigenvalue weighted by Crippen LogP contribution is 2.42. The number of hydrogen-bond acceptors (Lipinski definition) is 7. The van der Waals surface area contributed by atoms with Crippen LogP contribution < -0.4 is 0 Å². The number of furan rings is 1. The molecule has 0 radical (unpaired) electrons. The number of phenols is 1. The van der Waals surface area contributed by atoms with E-state index in [1.807, 2.05) is 31.2 Å². The Morgan fingerprint density at radius 3 is 2.78 bits per heavy atom. The largest absolute Gasteiger partial charge is 0.507 e. The van der Waals surface area contributed by atoms with E-state index in [0.29, 0.717) is 48.4 Å². The van der Waals surface area contributed by atoms with Crippen LogP contribution in [-0.2, 0) is 6.54 Å². The lowest BCUT2D eigenvalue weighted by Gasteiger charge is -2.38. The number of carbonyl (C=O) groups is 1. The van der Waals surface area contributed by atoms with Gasteiger partial charge < -0.3 is 24.6 Å². The maximum absolute atomic E-state index is 11.3. The van der Waals surface area contributed by atoms with Crippen LogP contribution in [0, 0.1) is 0 Å². The Bertz CT molecular complexity index is 1280. The highest BCUT2D eigenvalue weighted by atomic mass is 16.4. The number of piperazine rings is 1. The van der Waals surface area contributed by atoms with Crippen molar-refractivity contribution in [1.29, 1.82) is 0 Å². The molecule has 1 atom stereocenters. The summed E-state index contributed by atoms with van der Waals surface area (Å²) in [4.78, 5) is 14.7. The van der Waals surface area contributed by atoms with E-state index in [1.54, 1.807) is 12.1 Å². The molecule has 1 amide bonds. The molecule has 0 aliphatic carbocycles. The minimum Gasteiger partial charge on any atom is -0.507 e. The molecule has 1 aromatic heterocycles. The molecule has 0 saturated carbocycles. The van der Waals surface area contributed by atoms with Crippen molar-refractivity contribution in [3.05, 3.63) is 53.3 Å². The number of carboxylic acid groups (broad SMARTS) is 1. The Morgan fingerprint density at radius 1 is 1.19 bits per heavy atom. The number of azo groups is 1. The third-order valence-corrected chi connectivity index (χ3v) is 6.05. The molecule has 3 heterocycles. The first-order valence-corrected chi connectivity index (χ1v) is 10.3.